The Morgan fingerprint density at radius 1 is 1.11 bits per heavy atom. The molecule has 5 atom stereocenters. The van der Waals surface area contributed by atoms with Crippen molar-refractivity contribution in [2.24, 2.45) is 27.9 Å². The largest absolute Gasteiger partial charge is 0.480 e. The van der Waals surface area contributed by atoms with Gasteiger partial charge in [-0.15, -0.1) is 0 Å². The molecule has 1 aliphatic heterocycles. The van der Waals surface area contributed by atoms with Crippen LogP contribution in [0.5, 0.6) is 0 Å². The van der Waals surface area contributed by atoms with Gasteiger partial charge < -0.3 is 48.7 Å². The Morgan fingerprint density at radius 2 is 1.80 bits per heavy atom. The molecule has 5 unspecified atom stereocenters. The highest BCUT2D eigenvalue weighted by Crippen LogP contribution is 2.20. The summed E-state index contributed by atoms with van der Waals surface area (Å²) >= 11 is 0. The first kappa shape index (κ1) is 30.1. The molecule has 0 aromatic rings. The molecule has 0 spiro atoms. The molecule has 0 aromatic heterocycles. The summed E-state index contributed by atoms with van der Waals surface area (Å²) in [4.78, 5) is 55.1. The lowest BCUT2D eigenvalue weighted by molar-refractivity contribution is -0.146. The van der Waals surface area contributed by atoms with Gasteiger partial charge in [-0.05, 0) is 58.4 Å². The number of nitrogens with one attached hydrogen (secondary N) is 2. The van der Waals surface area contributed by atoms with Crippen LogP contribution in [-0.4, -0.2) is 94.7 Å². The van der Waals surface area contributed by atoms with Gasteiger partial charge >= 0.3 is 5.97 Å². The fourth-order valence-corrected chi connectivity index (χ4v) is 3.80. The molecule has 1 fully saturated rings. The van der Waals surface area contributed by atoms with Crippen molar-refractivity contribution in [2.75, 3.05) is 19.6 Å². The quantitative estimate of drug-likeness (QED) is 0.0639. The van der Waals surface area contributed by atoms with Gasteiger partial charge in [-0.25, -0.2) is 4.79 Å². The van der Waals surface area contributed by atoms with E-state index >= 15 is 0 Å². The molecule has 12 N–H and O–H groups in total. The molecule has 1 heterocycles. The molecule has 1 aliphatic rings. The minimum atomic E-state index is -1.32. The molecule has 14 heteroatoms. The van der Waals surface area contributed by atoms with E-state index in [1.807, 2.05) is 0 Å². The van der Waals surface area contributed by atoms with Crippen LogP contribution in [0.4, 0.5) is 0 Å². The van der Waals surface area contributed by atoms with Crippen LogP contribution in [0, 0.1) is 0 Å². The van der Waals surface area contributed by atoms with Gasteiger partial charge in [-0.2, -0.15) is 0 Å². The second-order valence-corrected chi connectivity index (χ2v) is 8.66. The number of nitrogens with two attached hydrogens (primary N) is 4. The molecule has 0 aromatic carbocycles. The molecule has 35 heavy (non-hydrogen) atoms. The van der Waals surface area contributed by atoms with Crippen molar-refractivity contribution in [1.29, 1.82) is 0 Å². The summed E-state index contributed by atoms with van der Waals surface area (Å²) in [7, 11) is 0. The highest BCUT2D eigenvalue weighted by Gasteiger charge is 2.40. The number of hydrogen-bond donors (Lipinski definition) is 8. The summed E-state index contributed by atoms with van der Waals surface area (Å²) < 4.78 is 0. The molecular formula is C21H40N8O6. The number of aliphatic hydroxyl groups is 1. The van der Waals surface area contributed by atoms with Crippen LogP contribution in [0.1, 0.15) is 51.9 Å². The van der Waals surface area contributed by atoms with E-state index in [0.29, 0.717) is 38.6 Å². The second kappa shape index (κ2) is 15.1. The molecule has 0 aliphatic carbocycles. The standard InChI is InChI=1S/C21H40N8O6/c1-12(30)16(28-17(31)13(23)6-4-10-26-21(24)25)19(33)29-11-5-8-15(29)18(32)27-14(20(34)35)7-2-3-9-22/h12-16,30H,2-11,22-23H2,1H3,(H,27,32)(H,28,31)(H,34,35)(H4,24,25,26). The minimum Gasteiger partial charge on any atom is -0.480 e. The SMILES string of the molecule is CC(O)C(NC(=O)C(N)CCCN=C(N)N)C(=O)N1CCCC1C(=O)NC(CCCCN)C(=O)O. The summed E-state index contributed by atoms with van der Waals surface area (Å²) in [5, 5.41) is 24.6. The number of carboxylic acids is 1. The highest BCUT2D eigenvalue weighted by molar-refractivity contribution is 5.94. The summed E-state index contributed by atoms with van der Waals surface area (Å²) in [5.41, 5.74) is 21.8. The van der Waals surface area contributed by atoms with Crippen molar-refractivity contribution >= 4 is 29.7 Å². The molecule has 0 bridgehead atoms. The van der Waals surface area contributed by atoms with Gasteiger partial charge in [0, 0.05) is 13.1 Å². The lowest BCUT2D eigenvalue weighted by Crippen LogP contribution is -2.59. The van der Waals surface area contributed by atoms with Gasteiger partial charge in [0.1, 0.15) is 18.1 Å². The Morgan fingerprint density at radius 3 is 2.37 bits per heavy atom. The maximum absolute atomic E-state index is 13.2. The van der Waals surface area contributed by atoms with Crippen molar-refractivity contribution in [1.82, 2.24) is 15.5 Å². The van der Waals surface area contributed by atoms with Gasteiger partial charge in [-0.1, -0.05) is 0 Å². The average Bonchev–Trinajstić information content (AvgIpc) is 3.28. The predicted molar refractivity (Wildman–Crippen MR) is 129 cm³/mol. The van der Waals surface area contributed by atoms with Crippen LogP contribution >= 0.6 is 0 Å². The first-order valence-electron chi connectivity index (χ1n) is 11.8. The summed E-state index contributed by atoms with van der Waals surface area (Å²) in [6, 6.07) is -4.29. The monoisotopic (exact) mass is 500 g/mol. The van der Waals surface area contributed by atoms with Gasteiger partial charge in [0.2, 0.25) is 17.7 Å². The molecule has 3 amide bonds. The molecule has 0 radical (unpaired) electrons. The van der Waals surface area contributed by atoms with E-state index in [-0.39, 0.29) is 31.9 Å². The number of guanidine groups is 1. The number of hydrogen-bond acceptors (Lipinski definition) is 8. The Labute approximate surface area is 204 Å². The summed E-state index contributed by atoms with van der Waals surface area (Å²) in [5.74, 6) is -3.12. The maximum Gasteiger partial charge on any atom is 0.326 e. The summed E-state index contributed by atoms with van der Waals surface area (Å²) in [6.45, 7) is 2.27. The van der Waals surface area contributed by atoms with E-state index in [0.717, 1.165) is 0 Å². The number of aliphatic carboxylic acids is 1. The average molecular weight is 501 g/mol. The van der Waals surface area contributed by atoms with Crippen molar-refractivity contribution in [3.63, 3.8) is 0 Å². The number of rotatable bonds is 15. The lowest BCUT2D eigenvalue weighted by Gasteiger charge is -2.31. The molecular weight excluding hydrogens is 460 g/mol. The Hall–Kier alpha value is -2.97. The van der Waals surface area contributed by atoms with Crippen LogP contribution in [-0.2, 0) is 19.2 Å². The number of nitrogens with zero attached hydrogens (tertiary/aromatic N) is 2. The molecule has 14 nitrogen and oxygen atoms in total. The smallest absolute Gasteiger partial charge is 0.326 e. The third kappa shape index (κ3) is 10.0. The lowest BCUT2D eigenvalue weighted by atomic mass is 10.1. The van der Waals surface area contributed by atoms with E-state index in [1.54, 1.807) is 0 Å². The topological polar surface area (TPSA) is 252 Å². The van der Waals surface area contributed by atoms with Crippen molar-refractivity contribution in [3.05, 3.63) is 0 Å². The van der Waals surface area contributed by atoms with Crippen molar-refractivity contribution < 1.29 is 29.4 Å². The van der Waals surface area contributed by atoms with Crippen LogP contribution in [0.25, 0.3) is 0 Å². The van der Waals surface area contributed by atoms with E-state index in [1.165, 1.54) is 11.8 Å². The number of aliphatic hydroxyl groups excluding tert-OH is 1. The first-order chi connectivity index (χ1) is 16.5. The fraction of sp³-hybridized carbons (Fsp3) is 0.762. The number of amides is 3. The van der Waals surface area contributed by atoms with E-state index in [2.05, 4.69) is 15.6 Å². The predicted octanol–water partition coefficient (Wildman–Crippen LogP) is -3.08. The molecule has 0 saturated carbocycles. The van der Waals surface area contributed by atoms with Crippen molar-refractivity contribution in [3.8, 4) is 0 Å². The molecule has 200 valence electrons. The zero-order chi connectivity index (χ0) is 26.5. The molecule has 1 saturated heterocycles. The van der Waals surface area contributed by atoms with Gasteiger partial charge in [0.25, 0.3) is 0 Å². The Bertz CT molecular complexity index is 758. The van der Waals surface area contributed by atoms with E-state index in [9.17, 15) is 29.4 Å². The summed E-state index contributed by atoms with van der Waals surface area (Å²) in [6.07, 6.45) is 1.64. The van der Waals surface area contributed by atoms with Crippen LogP contribution in [0.3, 0.4) is 0 Å². The highest BCUT2D eigenvalue weighted by atomic mass is 16.4. The van der Waals surface area contributed by atoms with Gasteiger partial charge in [-0.3, -0.25) is 19.4 Å². The van der Waals surface area contributed by atoms with E-state index < -0.39 is 54.0 Å². The maximum atomic E-state index is 13.2. The number of carbonyl (C=O) groups is 4. The normalized spacial score (nSPS) is 18.7. The third-order valence-electron chi connectivity index (χ3n) is 5.75. The number of carboxylic acid groups (broad SMARTS) is 1. The Kier molecular flexibility index (Phi) is 13.0. The Balaban J connectivity index is 2.80. The number of likely N-dealkylation sites (tertiary alicyclic amines) is 1. The van der Waals surface area contributed by atoms with Crippen LogP contribution in [0.2, 0.25) is 0 Å². The molecule has 1 rings (SSSR count). The number of carbonyl (C=O) groups excluding carboxylic acids is 3. The van der Waals surface area contributed by atoms with Crippen molar-refractivity contribution in [2.45, 2.75) is 82.1 Å². The zero-order valence-corrected chi connectivity index (χ0v) is 20.2. The fourth-order valence-electron chi connectivity index (χ4n) is 3.80. The van der Waals surface area contributed by atoms with E-state index in [4.69, 9.17) is 22.9 Å². The second-order valence-electron chi connectivity index (χ2n) is 8.66. The minimum absolute atomic E-state index is 0.0720. The number of unbranched alkanes of at least 4 members (excludes halogenated alkanes) is 1. The van der Waals surface area contributed by atoms with Gasteiger partial charge in [0.15, 0.2) is 5.96 Å². The third-order valence-corrected chi connectivity index (χ3v) is 5.75. The van der Waals surface area contributed by atoms with Crippen LogP contribution in [0.15, 0.2) is 4.99 Å². The first-order valence-corrected chi connectivity index (χ1v) is 11.8. The van der Waals surface area contributed by atoms with Crippen LogP contribution < -0.4 is 33.6 Å². The zero-order valence-electron chi connectivity index (χ0n) is 20.2. The number of aliphatic imine (C=N–C) groups is 1. The van der Waals surface area contributed by atoms with Gasteiger partial charge in [0.05, 0.1) is 12.1 Å².